The maximum absolute atomic E-state index is 12.5. The van der Waals surface area contributed by atoms with Crippen LogP contribution in [0, 0.1) is 13.8 Å². The number of benzene rings is 2. The van der Waals surface area contributed by atoms with Crippen LogP contribution in [0.5, 0.6) is 0 Å². The van der Waals surface area contributed by atoms with Crippen molar-refractivity contribution in [3.05, 3.63) is 64.7 Å². The van der Waals surface area contributed by atoms with E-state index in [-0.39, 0.29) is 11.9 Å². The minimum absolute atomic E-state index is 0.0316. The highest BCUT2D eigenvalue weighted by Gasteiger charge is 2.09. The Labute approximate surface area is 149 Å². The van der Waals surface area contributed by atoms with E-state index in [1.807, 2.05) is 56.3 Å². The number of hydrogen-bond donors (Lipinski definition) is 4. The molecular formula is C19H25N3OS. The largest absolute Gasteiger partial charge is 0.326 e. The van der Waals surface area contributed by atoms with Crippen LogP contribution in [0.3, 0.4) is 0 Å². The average Bonchev–Trinajstić information content (AvgIpc) is 2.59. The SMILES string of the molecule is Cc1cccc(NC(=O)c2cccc(CNCC(N)CS)c2)c1C. The lowest BCUT2D eigenvalue weighted by Crippen LogP contribution is -2.34. The van der Waals surface area contributed by atoms with Crippen molar-refractivity contribution in [2.45, 2.75) is 26.4 Å². The van der Waals surface area contributed by atoms with E-state index in [0.29, 0.717) is 24.4 Å². The molecule has 1 amide bonds. The normalized spacial score (nSPS) is 12.0. The van der Waals surface area contributed by atoms with Gasteiger partial charge in [-0.15, -0.1) is 0 Å². The fourth-order valence-electron chi connectivity index (χ4n) is 2.37. The van der Waals surface area contributed by atoms with E-state index in [2.05, 4.69) is 23.3 Å². The molecule has 0 saturated carbocycles. The van der Waals surface area contributed by atoms with E-state index >= 15 is 0 Å². The maximum Gasteiger partial charge on any atom is 0.255 e. The van der Waals surface area contributed by atoms with Gasteiger partial charge in [-0.25, -0.2) is 0 Å². The Morgan fingerprint density at radius 2 is 1.96 bits per heavy atom. The predicted molar refractivity (Wildman–Crippen MR) is 104 cm³/mol. The van der Waals surface area contributed by atoms with Gasteiger partial charge in [-0.05, 0) is 48.7 Å². The highest BCUT2D eigenvalue weighted by atomic mass is 32.1. The van der Waals surface area contributed by atoms with Gasteiger partial charge in [0.25, 0.3) is 5.91 Å². The Morgan fingerprint density at radius 1 is 1.21 bits per heavy atom. The molecule has 0 heterocycles. The molecule has 4 N–H and O–H groups in total. The molecule has 0 radical (unpaired) electrons. The summed E-state index contributed by atoms with van der Waals surface area (Å²) in [5.74, 6) is 0.545. The molecule has 0 aliphatic rings. The first-order valence-electron chi connectivity index (χ1n) is 8.05. The first kappa shape index (κ1) is 18.5. The van der Waals surface area contributed by atoms with Gasteiger partial charge in [0, 0.05) is 36.1 Å². The molecule has 0 fully saturated rings. The summed E-state index contributed by atoms with van der Waals surface area (Å²) in [6.07, 6.45) is 0. The molecule has 4 nitrogen and oxygen atoms in total. The van der Waals surface area contributed by atoms with Gasteiger partial charge in [0.2, 0.25) is 0 Å². The number of hydrogen-bond acceptors (Lipinski definition) is 4. The zero-order valence-corrected chi connectivity index (χ0v) is 15.1. The topological polar surface area (TPSA) is 67.2 Å². The predicted octanol–water partition coefficient (Wildman–Crippen LogP) is 2.90. The summed E-state index contributed by atoms with van der Waals surface area (Å²) < 4.78 is 0. The summed E-state index contributed by atoms with van der Waals surface area (Å²) >= 11 is 4.16. The number of anilines is 1. The molecule has 24 heavy (non-hydrogen) atoms. The maximum atomic E-state index is 12.5. The van der Waals surface area contributed by atoms with Crippen molar-refractivity contribution in [1.29, 1.82) is 0 Å². The molecule has 0 saturated heterocycles. The Hall–Kier alpha value is -1.82. The third-order valence-corrected chi connectivity index (χ3v) is 4.48. The van der Waals surface area contributed by atoms with Gasteiger partial charge >= 0.3 is 0 Å². The van der Waals surface area contributed by atoms with Crippen LogP contribution in [-0.4, -0.2) is 24.2 Å². The second-order valence-corrected chi connectivity index (χ2v) is 6.34. The van der Waals surface area contributed by atoms with Gasteiger partial charge in [0.15, 0.2) is 0 Å². The number of thiol groups is 1. The first-order valence-corrected chi connectivity index (χ1v) is 8.68. The van der Waals surface area contributed by atoms with Crippen LogP contribution in [0.15, 0.2) is 42.5 Å². The summed E-state index contributed by atoms with van der Waals surface area (Å²) in [6.45, 7) is 5.41. The number of nitrogens with two attached hydrogens (primary N) is 1. The van der Waals surface area contributed by atoms with Gasteiger partial charge in [-0.3, -0.25) is 4.79 Å². The lowest BCUT2D eigenvalue weighted by molar-refractivity contribution is 0.102. The van der Waals surface area contributed by atoms with Gasteiger partial charge < -0.3 is 16.4 Å². The highest BCUT2D eigenvalue weighted by molar-refractivity contribution is 7.80. The van der Waals surface area contributed by atoms with Crippen LogP contribution in [0.1, 0.15) is 27.0 Å². The lowest BCUT2D eigenvalue weighted by atomic mass is 10.1. The number of amides is 1. The van der Waals surface area contributed by atoms with Crippen molar-refractivity contribution in [3.8, 4) is 0 Å². The molecule has 2 rings (SSSR count). The third-order valence-electron chi connectivity index (χ3n) is 4.01. The zero-order valence-electron chi connectivity index (χ0n) is 14.2. The highest BCUT2D eigenvalue weighted by Crippen LogP contribution is 2.19. The quantitative estimate of drug-likeness (QED) is 0.585. The van der Waals surface area contributed by atoms with Crippen LogP contribution in [0.25, 0.3) is 0 Å². The Balaban J connectivity index is 2.02. The summed E-state index contributed by atoms with van der Waals surface area (Å²) in [4.78, 5) is 12.5. The molecule has 2 aromatic rings. The van der Waals surface area contributed by atoms with Crippen LogP contribution < -0.4 is 16.4 Å². The fraction of sp³-hybridized carbons (Fsp3) is 0.316. The monoisotopic (exact) mass is 343 g/mol. The van der Waals surface area contributed by atoms with Crippen molar-refractivity contribution < 1.29 is 4.79 Å². The number of rotatable bonds is 7. The molecule has 1 atom stereocenters. The van der Waals surface area contributed by atoms with Crippen molar-refractivity contribution >= 4 is 24.2 Å². The van der Waals surface area contributed by atoms with E-state index in [0.717, 1.165) is 22.4 Å². The molecule has 1 unspecified atom stereocenters. The second-order valence-electron chi connectivity index (χ2n) is 5.98. The third kappa shape index (κ3) is 5.09. The van der Waals surface area contributed by atoms with E-state index < -0.39 is 0 Å². The Bertz CT molecular complexity index is 703. The second kappa shape index (κ2) is 8.87. The van der Waals surface area contributed by atoms with Crippen molar-refractivity contribution in [3.63, 3.8) is 0 Å². The molecular weight excluding hydrogens is 318 g/mol. The summed E-state index contributed by atoms with van der Waals surface area (Å²) in [5, 5.41) is 6.27. The summed E-state index contributed by atoms with van der Waals surface area (Å²) in [7, 11) is 0. The van der Waals surface area contributed by atoms with Crippen molar-refractivity contribution in [2.24, 2.45) is 5.73 Å². The smallest absolute Gasteiger partial charge is 0.255 e. The van der Waals surface area contributed by atoms with E-state index in [9.17, 15) is 4.79 Å². The van der Waals surface area contributed by atoms with Crippen LogP contribution in [-0.2, 0) is 6.54 Å². The van der Waals surface area contributed by atoms with Gasteiger partial charge in [0.1, 0.15) is 0 Å². The molecule has 128 valence electrons. The van der Waals surface area contributed by atoms with Crippen LogP contribution in [0.4, 0.5) is 5.69 Å². The summed E-state index contributed by atoms with van der Waals surface area (Å²) in [6, 6.07) is 13.6. The van der Waals surface area contributed by atoms with Crippen molar-refractivity contribution in [2.75, 3.05) is 17.6 Å². The van der Waals surface area contributed by atoms with E-state index in [1.165, 1.54) is 0 Å². The lowest BCUT2D eigenvalue weighted by Gasteiger charge is -2.12. The number of carbonyl (C=O) groups excluding carboxylic acids is 1. The van der Waals surface area contributed by atoms with Gasteiger partial charge in [0.05, 0.1) is 0 Å². The minimum atomic E-state index is -0.0994. The van der Waals surface area contributed by atoms with Crippen LogP contribution >= 0.6 is 12.6 Å². The zero-order chi connectivity index (χ0) is 17.5. The molecule has 0 aliphatic heterocycles. The van der Waals surface area contributed by atoms with Gasteiger partial charge in [-0.1, -0.05) is 24.3 Å². The van der Waals surface area contributed by atoms with Gasteiger partial charge in [-0.2, -0.15) is 12.6 Å². The number of nitrogens with one attached hydrogen (secondary N) is 2. The average molecular weight is 343 g/mol. The van der Waals surface area contributed by atoms with E-state index in [1.54, 1.807) is 0 Å². The molecule has 0 spiro atoms. The number of aryl methyl sites for hydroxylation is 1. The van der Waals surface area contributed by atoms with Crippen molar-refractivity contribution in [1.82, 2.24) is 5.32 Å². The summed E-state index contributed by atoms with van der Waals surface area (Å²) in [5.41, 5.74) is 10.6. The molecule has 5 heteroatoms. The molecule has 0 aliphatic carbocycles. The Morgan fingerprint density at radius 3 is 2.71 bits per heavy atom. The fourth-order valence-corrected chi connectivity index (χ4v) is 2.50. The molecule has 0 aromatic heterocycles. The molecule has 0 bridgehead atoms. The Kier molecular flexibility index (Phi) is 6.85. The molecule has 2 aromatic carbocycles. The number of carbonyl (C=O) groups is 1. The standard InChI is InChI=1S/C19H25N3OS/c1-13-5-3-8-18(14(13)2)22-19(23)16-7-4-6-15(9-16)10-21-11-17(20)12-24/h3-9,17,21,24H,10-12,20H2,1-2H3,(H,22,23). The minimum Gasteiger partial charge on any atom is -0.326 e. The van der Waals surface area contributed by atoms with Crippen LogP contribution in [0.2, 0.25) is 0 Å². The first-order chi connectivity index (χ1) is 11.5. The van der Waals surface area contributed by atoms with E-state index in [4.69, 9.17) is 5.73 Å².